The number of benzene rings is 1. The third-order valence-electron chi connectivity index (χ3n) is 4.09. The van der Waals surface area contributed by atoms with Crippen LogP contribution in [-0.4, -0.2) is 23.2 Å². The number of aliphatic hydroxyl groups is 1. The lowest BCUT2D eigenvalue weighted by atomic mass is 9.77. The third-order valence-corrected chi connectivity index (χ3v) is 4.09. The van der Waals surface area contributed by atoms with E-state index in [9.17, 15) is 9.90 Å². The van der Waals surface area contributed by atoms with Gasteiger partial charge in [0.25, 0.3) is 5.91 Å². The summed E-state index contributed by atoms with van der Waals surface area (Å²) in [6.45, 7) is 1.75. The highest BCUT2D eigenvalue weighted by Gasteiger charge is 2.37. The molecule has 1 aromatic rings. The van der Waals surface area contributed by atoms with Crippen molar-refractivity contribution in [3.8, 4) is 0 Å². The summed E-state index contributed by atoms with van der Waals surface area (Å²) < 4.78 is 0. The SMILES string of the molecule is O=C(NC1(CO)CCC1)c1ccc2c(c1)CNC2. The number of rotatable bonds is 3. The monoisotopic (exact) mass is 246 g/mol. The second-order valence-corrected chi connectivity index (χ2v) is 5.33. The van der Waals surface area contributed by atoms with Crippen LogP contribution in [0.15, 0.2) is 18.2 Å². The van der Waals surface area contributed by atoms with Crippen molar-refractivity contribution >= 4 is 5.91 Å². The molecule has 1 amide bonds. The van der Waals surface area contributed by atoms with Crippen molar-refractivity contribution in [1.29, 1.82) is 0 Å². The molecule has 1 fully saturated rings. The molecule has 96 valence electrons. The van der Waals surface area contributed by atoms with Crippen LogP contribution in [-0.2, 0) is 13.1 Å². The molecule has 3 rings (SSSR count). The Morgan fingerprint density at radius 3 is 2.78 bits per heavy atom. The van der Waals surface area contributed by atoms with E-state index in [0.717, 1.165) is 32.4 Å². The molecule has 0 saturated heterocycles. The molecule has 2 aliphatic rings. The molecule has 0 atom stereocenters. The molecule has 1 aliphatic carbocycles. The number of amides is 1. The molecule has 1 aromatic carbocycles. The molecule has 0 spiro atoms. The van der Waals surface area contributed by atoms with Crippen LogP contribution in [0.3, 0.4) is 0 Å². The molecule has 0 radical (unpaired) electrons. The Morgan fingerprint density at radius 2 is 2.11 bits per heavy atom. The molecule has 1 heterocycles. The van der Waals surface area contributed by atoms with E-state index in [0.29, 0.717) is 5.56 Å². The van der Waals surface area contributed by atoms with Crippen molar-refractivity contribution in [1.82, 2.24) is 10.6 Å². The second-order valence-electron chi connectivity index (χ2n) is 5.33. The summed E-state index contributed by atoms with van der Waals surface area (Å²) in [6, 6.07) is 5.83. The van der Waals surface area contributed by atoms with E-state index < -0.39 is 0 Å². The van der Waals surface area contributed by atoms with E-state index in [1.165, 1.54) is 11.1 Å². The smallest absolute Gasteiger partial charge is 0.251 e. The molecule has 18 heavy (non-hydrogen) atoms. The highest BCUT2D eigenvalue weighted by molar-refractivity contribution is 5.95. The molecule has 1 saturated carbocycles. The van der Waals surface area contributed by atoms with Crippen LogP contribution >= 0.6 is 0 Å². The molecule has 0 unspecified atom stereocenters. The first-order valence-electron chi connectivity index (χ1n) is 6.48. The number of carbonyl (C=O) groups is 1. The molecule has 3 N–H and O–H groups in total. The van der Waals surface area contributed by atoms with Crippen LogP contribution in [0.1, 0.15) is 40.7 Å². The fourth-order valence-electron chi connectivity index (χ4n) is 2.68. The predicted octanol–water partition coefficient (Wildman–Crippen LogP) is 0.935. The summed E-state index contributed by atoms with van der Waals surface area (Å²) in [6.07, 6.45) is 2.83. The van der Waals surface area contributed by atoms with Crippen molar-refractivity contribution in [2.75, 3.05) is 6.61 Å². The third kappa shape index (κ3) is 1.91. The van der Waals surface area contributed by atoms with Gasteiger partial charge in [-0.05, 0) is 42.5 Å². The van der Waals surface area contributed by atoms with Crippen molar-refractivity contribution in [3.05, 3.63) is 34.9 Å². The van der Waals surface area contributed by atoms with Crippen molar-refractivity contribution in [2.45, 2.75) is 37.9 Å². The molecule has 4 heteroatoms. The number of hydrogen-bond acceptors (Lipinski definition) is 3. The van der Waals surface area contributed by atoms with Gasteiger partial charge in [0.1, 0.15) is 0 Å². The van der Waals surface area contributed by atoms with Gasteiger partial charge in [-0.3, -0.25) is 4.79 Å². The van der Waals surface area contributed by atoms with Gasteiger partial charge in [0.15, 0.2) is 0 Å². The van der Waals surface area contributed by atoms with E-state index >= 15 is 0 Å². The zero-order chi connectivity index (χ0) is 12.6. The maximum Gasteiger partial charge on any atom is 0.251 e. The van der Waals surface area contributed by atoms with E-state index in [-0.39, 0.29) is 18.1 Å². The van der Waals surface area contributed by atoms with Crippen LogP contribution in [0.25, 0.3) is 0 Å². The molecule has 1 aliphatic heterocycles. The average Bonchev–Trinajstić information content (AvgIpc) is 2.80. The lowest BCUT2D eigenvalue weighted by molar-refractivity contribution is 0.0641. The van der Waals surface area contributed by atoms with Gasteiger partial charge in [0, 0.05) is 18.7 Å². The number of nitrogens with one attached hydrogen (secondary N) is 2. The minimum Gasteiger partial charge on any atom is -0.394 e. The van der Waals surface area contributed by atoms with Crippen molar-refractivity contribution in [2.24, 2.45) is 0 Å². The maximum absolute atomic E-state index is 12.2. The van der Waals surface area contributed by atoms with Gasteiger partial charge < -0.3 is 15.7 Å². The summed E-state index contributed by atoms with van der Waals surface area (Å²) in [4.78, 5) is 12.2. The minimum absolute atomic E-state index is 0.0330. The fraction of sp³-hybridized carbons (Fsp3) is 0.500. The number of hydrogen-bond donors (Lipinski definition) is 3. The first kappa shape index (κ1) is 11.7. The van der Waals surface area contributed by atoms with Gasteiger partial charge in [-0.1, -0.05) is 6.07 Å². The predicted molar refractivity (Wildman–Crippen MR) is 68.1 cm³/mol. The highest BCUT2D eigenvalue weighted by Crippen LogP contribution is 2.31. The van der Waals surface area contributed by atoms with Crippen LogP contribution in [0.2, 0.25) is 0 Å². The highest BCUT2D eigenvalue weighted by atomic mass is 16.3. The van der Waals surface area contributed by atoms with E-state index in [1.54, 1.807) is 0 Å². The largest absolute Gasteiger partial charge is 0.394 e. The summed E-state index contributed by atoms with van der Waals surface area (Å²) >= 11 is 0. The quantitative estimate of drug-likeness (QED) is 0.743. The maximum atomic E-state index is 12.2. The lowest BCUT2D eigenvalue weighted by Gasteiger charge is -2.40. The Kier molecular flexibility index (Phi) is 2.84. The lowest BCUT2D eigenvalue weighted by Crippen LogP contribution is -2.56. The topological polar surface area (TPSA) is 61.4 Å². The van der Waals surface area contributed by atoms with Crippen molar-refractivity contribution in [3.63, 3.8) is 0 Å². The number of aliphatic hydroxyl groups excluding tert-OH is 1. The Bertz CT molecular complexity index is 475. The normalized spacial score (nSPS) is 20.1. The van der Waals surface area contributed by atoms with Crippen LogP contribution in [0, 0.1) is 0 Å². The molecular weight excluding hydrogens is 228 g/mol. The van der Waals surface area contributed by atoms with Gasteiger partial charge in [-0.15, -0.1) is 0 Å². The first-order valence-corrected chi connectivity index (χ1v) is 6.48. The van der Waals surface area contributed by atoms with Crippen molar-refractivity contribution < 1.29 is 9.90 Å². The van der Waals surface area contributed by atoms with E-state index in [4.69, 9.17) is 0 Å². The van der Waals surface area contributed by atoms with Crippen LogP contribution < -0.4 is 10.6 Å². The van der Waals surface area contributed by atoms with Crippen LogP contribution in [0.5, 0.6) is 0 Å². The van der Waals surface area contributed by atoms with Gasteiger partial charge in [0.2, 0.25) is 0 Å². The standard InChI is InChI=1S/C14H18N2O2/c17-9-14(4-1-5-14)16-13(18)10-2-3-11-7-15-8-12(11)6-10/h2-3,6,15,17H,1,4-5,7-9H2,(H,16,18). The Hall–Kier alpha value is -1.39. The zero-order valence-electron chi connectivity index (χ0n) is 10.3. The van der Waals surface area contributed by atoms with E-state index in [1.807, 2.05) is 18.2 Å². The molecule has 0 aromatic heterocycles. The zero-order valence-corrected chi connectivity index (χ0v) is 10.3. The summed E-state index contributed by atoms with van der Waals surface area (Å²) in [7, 11) is 0. The summed E-state index contributed by atoms with van der Waals surface area (Å²) in [5, 5.41) is 15.6. The van der Waals surface area contributed by atoms with E-state index in [2.05, 4.69) is 10.6 Å². The van der Waals surface area contributed by atoms with Gasteiger partial charge in [-0.2, -0.15) is 0 Å². The minimum atomic E-state index is -0.367. The Labute approximate surface area is 106 Å². The molecule has 0 bridgehead atoms. The number of fused-ring (bicyclic) bond motifs is 1. The Balaban J connectivity index is 1.76. The second kappa shape index (κ2) is 4.37. The fourth-order valence-corrected chi connectivity index (χ4v) is 2.68. The molecular formula is C14H18N2O2. The molecule has 4 nitrogen and oxygen atoms in total. The average molecular weight is 246 g/mol. The summed E-state index contributed by atoms with van der Waals surface area (Å²) in [5.41, 5.74) is 2.80. The van der Waals surface area contributed by atoms with Gasteiger partial charge in [0.05, 0.1) is 12.1 Å². The number of carbonyl (C=O) groups excluding carboxylic acids is 1. The van der Waals surface area contributed by atoms with Gasteiger partial charge in [-0.25, -0.2) is 0 Å². The van der Waals surface area contributed by atoms with Gasteiger partial charge >= 0.3 is 0 Å². The summed E-state index contributed by atoms with van der Waals surface area (Å²) in [5.74, 6) is -0.0709. The Morgan fingerprint density at radius 1 is 1.33 bits per heavy atom. The van der Waals surface area contributed by atoms with Crippen LogP contribution in [0.4, 0.5) is 0 Å². The first-order chi connectivity index (χ1) is 8.72.